The summed E-state index contributed by atoms with van der Waals surface area (Å²) in [7, 11) is 1.58. The molecule has 0 aliphatic rings. The normalized spacial score (nSPS) is 10.3. The molecule has 17 heavy (non-hydrogen) atoms. The highest BCUT2D eigenvalue weighted by Crippen LogP contribution is 2.28. The molecule has 1 heterocycles. The lowest BCUT2D eigenvalue weighted by Gasteiger charge is -2.04. The molecule has 0 N–H and O–H groups in total. The number of benzene rings is 1. The summed E-state index contributed by atoms with van der Waals surface area (Å²) in [4.78, 5) is 12.9. The zero-order valence-electron chi connectivity index (χ0n) is 9.49. The van der Waals surface area contributed by atoms with Gasteiger partial charge < -0.3 is 4.74 Å². The summed E-state index contributed by atoms with van der Waals surface area (Å²) >= 11 is 4.82. The van der Waals surface area contributed by atoms with Gasteiger partial charge in [-0.2, -0.15) is 0 Å². The van der Waals surface area contributed by atoms with Gasteiger partial charge in [-0.05, 0) is 42.1 Å². The molecule has 0 bridgehead atoms. The smallest absolute Gasteiger partial charge is 0.206 e. The van der Waals surface area contributed by atoms with Crippen molar-refractivity contribution in [2.45, 2.75) is 6.92 Å². The van der Waals surface area contributed by atoms with Crippen LogP contribution in [0.5, 0.6) is 5.75 Å². The Kier molecular flexibility index (Phi) is 3.64. The Bertz CT molecular complexity index is 560. The Balaban J connectivity index is 2.40. The second-order valence-electron chi connectivity index (χ2n) is 3.61. The van der Waals surface area contributed by atoms with Crippen LogP contribution >= 0.6 is 27.3 Å². The molecular weight excluding hydrogens is 300 g/mol. The average Bonchev–Trinajstić information content (AvgIpc) is 2.80. The maximum Gasteiger partial charge on any atom is 0.206 e. The maximum absolute atomic E-state index is 12.3. The first-order valence-corrected chi connectivity index (χ1v) is 6.73. The van der Waals surface area contributed by atoms with Crippen LogP contribution in [-0.2, 0) is 0 Å². The minimum Gasteiger partial charge on any atom is -0.495 e. The van der Waals surface area contributed by atoms with Gasteiger partial charge in [-0.25, -0.2) is 0 Å². The van der Waals surface area contributed by atoms with Crippen molar-refractivity contribution in [1.29, 1.82) is 0 Å². The summed E-state index contributed by atoms with van der Waals surface area (Å²) in [5.41, 5.74) is 1.73. The van der Waals surface area contributed by atoms with Crippen LogP contribution in [0.25, 0.3) is 0 Å². The van der Waals surface area contributed by atoms with Gasteiger partial charge in [-0.15, -0.1) is 11.3 Å². The number of ether oxygens (including phenoxy) is 1. The third-order valence-corrected chi connectivity index (χ3v) is 4.26. The first-order valence-electron chi connectivity index (χ1n) is 5.06. The summed E-state index contributed by atoms with van der Waals surface area (Å²) < 4.78 is 6.17. The number of rotatable bonds is 3. The molecule has 0 aliphatic heterocycles. The van der Waals surface area contributed by atoms with E-state index in [0.29, 0.717) is 16.2 Å². The summed E-state index contributed by atoms with van der Waals surface area (Å²) in [6.45, 7) is 1.96. The fraction of sp³-hybridized carbons (Fsp3) is 0.154. The number of aryl methyl sites for hydroxylation is 1. The van der Waals surface area contributed by atoms with Crippen LogP contribution in [-0.4, -0.2) is 12.9 Å². The van der Waals surface area contributed by atoms with Gasteiger partial charge in [0, 0.05) is 10.0 Å². The lowest BCUT2D eigenvalue weighted by molar-refractivity contribution is 0.104. The molecular formula is C13H11BrO2S. The zero-order valence-corrected chi connectivity index (χ0v) is 11.9. The number of hydrogen-bond acceptors (Lipinski definition) is 3. The van der Waals surface area contributed by atoms with Crippen LogP contribution in [0.4, 0.5) is 0 Å². The predicted molar refractivity (Wildman–Crippen MR) is 73.2 cm³/mol. The van der Waals surface area contributed by atoms with Crippen LogP contribution < -0.4 is 4.74 Å². The van der Waals surface area contributed by atoms with E-state index < -0.39 is 0 Å². The van der Waals surface area contributed by atoms with Crippen molar-refractivity contribution in [3.05, 3.63) is 50.1 Å². The van der Waals surface area contributed by atoms with Crippen LogP contribution in [0.2, 0.25) is 0 Å². The lowest BCUT2D eigenvalue weighted by Crippen LogP contribution is -2.01. The number of hydrogen-bond donors (Lipinski definition) is 0. The molecule has 0 amide bonds. The second kappa shape index (κ2) is 5.02. The van der Waals surface area contributed by atoms with Crippen molar-refractivity contribution < 1.29 is 9.53 Å². The van der Waals surface area contributed by atoms with Crippen LogP contribution in [0, 0.1) is 6.92 Å². The van der Waals surface area contributed by atoms with Crippen molar-refractivity contribution in [3.8, 4) is 5.75 Å². The van der Waals surface area contributed by atoms with Crippen molar-refractivity contribution in [2.24, 2.45) is 0 Å². The van der Waals surface area contributed by atoms with Crippen LogP contribution in [0.3, 0.4) is 0 Å². The zero-order chi connectivity index (χ0) is 12.4. The molecule has 0 unspecified atom stereocenters. The topological polar surface area (TPSA) is 26.3 Å². The third-order valence-electron chi connectivity index (χ3n) is 2.48. The van der Waals surface area contributed by atoms with Crippen molar-refractivity contribution >= 4 is 33.0 Å². The first-order chi connectivity index (χ1) is 8.13. The van der Waals surface area contributed by atoms with E-state index in [0.717, 1.165) is 10.0 Å². The SMILES string of the molecule is COc1ccsc1C(=O)c1ccc(Br)c(C)c1. The van der Waals surface area contributed by atoms with Gasteiger partial charge in [-0.3, -0.25) is 4.79 Å². The molecule has 0 saturated heterocycles. The molecule has 1 aromatic heterocycles. The summed E-state index contributed by atoms with van der Waals surface area (Å²) in [6.07, 6.45) is 0. The molecule has 0 aliphatic carbocycles. The average molecular weight is 311 g/mol. The summed E-state index contributed by atoms with van der Waals surface area (Å²) in [6, 6.07) is 7.40. The van der Waals surface area contributed by atoms with Crippen molar-refractivity contribution in [2.75, 3.05) is 7.11 Å². The molecule has 2 aromatic rings. The fourth-order valence-corrected chi connectivity index (χ4v) is 2.61. The number of ketones is 1. The molecule has 4 heteroatoms. The highest BCUT2D eigenvalue weighted by molar-refractivity contribution is 9.10. The number of halogens is 1. The molecule has 88 valence electrons. The van der Waals surface area contributed by atoms with E-state index in [1.165, 1.54) is 11.3 Å². The molecule has 2 nitrogen and oxygen atoms in total. The van der Waals surface area contributed by atoms with E-state index in [4.69, 9.17) is 4.74 Å². The van der Waals surface area contributed by atoms with Crippen LogP contribution in [0.1, 0.15) is 20.8 Å². The Hall–Kier alpha value is -1.13. The maximum atomic E-state index is 12.3. The van der Waals surface area contributed by atoms with Gasteiger partial charge in [0.2, 0.25) is 5.78 Å². The molecule has 0 radical (unpaired) electrons. The van der Waals surface area contributed by atoms with Gasteiger partial charge in [0.05, 0.1) is 7.11 Å². The van der Waals surface area contributed by atoms with Gasteiger partial charge in [0.15, 0.2) is 0 Å². The van der Waals surface area contributed by atoms with Gasteiger partial charge in [-0.1, -0.05) is 15.9 Å². The summed E-state index contributed by atoms with van der Waals surface area (Å²) in [5.74, 6) is 0.646. The van der Waals surface area contributed by atoms with Gasteiger partial charge in [0.25, 0.3) is 0 Å². The number of carbonyl (C=O) groups excluding carboxylic acids is 1. The van der Waals surface area contributed by atoms with E-state index in [1.807, 2.05) is 36.6 Å². The Morgan fingerprint density at radius 3 is 2.76 bits per heavy atom. The monoisotopic (exact) mass is 310 g/mol. The van der Waals surface area contributed by atoms with E-state index in [2.05, 4.69) is 15.9 Å². The van der Waals surface area contributed by atoms with Gasteiger partial charge >= 0.3 is 0 Å². The largest absolute Gasteiger partial charge is 0.495 e. The highest BCUT2D eigenvalue weighted by Gasteiger charge is 2.16. The van der Waals surface area contributed by atoms with E-state index in [1.54, 1.807) is 7.11 Å². The van der Waals surface area contributed by atoms with Crippen LogP contribution in [0.15, 0.2) is 34.1 Å². The molecule has 2 rings (SSSR count). The van der Waals surface area contributed by atoms with E-state index in [-0.39, 0.29) is 5.78 Å². The van der Waals surface area contributed by atoms with Crippen molar-refractivity contribution in [3.63, 3.8) is 0 Å². The molecule has 0 saturated carbocycles. The Morgan fingerprint density at radius 2 is 2.12 bits per heavy atom. The molecule has 0 fully saturated rings. The van der Waals surface area contributed by atoms with Gasteiger partial charge in [0.1, 0.15) is 10.6 Å². The molecule has 0 spiro atoms. The minimum absolute atomic E-state index is 0.00690. The lowest BCUT2D eigenvalue weighted by atomic mass is 10.1. The Labute approximate surface area is 112 Å². The standard InChI is InChI=1S/C13H11BrO2S/c1-8-7-9(3-4-10(8)14)12(15)13-11(16-2)5-6-17-13/h3-7H,1-2H3. The van der Waals surface area contributed by atoms with E-state index >= 15 is 0 Å². The quantitative estimate of drug-likeness (QED) is 0.799. The number of thiophene rings is 1. The van der Waals surface area contributed by atoms with Crippen molar-refractivity contribution in [1.82, 2.24) is 0 Å². The molecule has 1 aromatic carbocycles. The molecule has 0 atom stereocenters. The number of carbonyl (C=O) groups is 1. The fourth-order valence-electron chi connectivity index (χ4n) is 1.54. The first kappa shape index (κ1) is 12.3. The third kappa shape index (κ3) is 2.42. The predicted octanol–water partition coefficient (Wildman–Crippen LogP) is 4.06. The highest BCUT2D eigenvalue weighted by atomic mass is 79.9. The second-order valence-corrected chi connectivity index (χ2v) is 5.38. The number of methoxy groups -OCH3 is 1. The Morgan fingerprint density at radius 1 is 1.35 bits per heavy atom. The minimum atomic E-state index is 0.00690. The summed E-state index contributed by atoms with van der Waals surface area (Å²) in [5, 5.41) is 1.86. The van der Waals surface area contributed by atoms with E-state index in [9.17, 15) is 4.79 Å².